The van der Waals surface area contributed by atoms with E-state index in [0.29, 0.717) is 0 Å². The zero-order valence-corrected chi connectivity index (χ0v) is 36.3. The van der Waals surface area contributed by atoms with Gasteiger partial charge < -0.3 is 9.47 Å². The average Bonchev–Trinajstić information content (AvgIpc) is 3.74. The summed E-state index contributed by atoms with van der Waals surface area (Å²) in [6.45, 7) is 0. The molecular formula is C64H44N2. The highest BCUT2D eigenvalue weighted by Gasteiger charge is 2.23. The summed E-state index contributed by atoms with van der Waals surface area (Å²) < 4.78 is 2.43. The molecule has 11 aromatic carbocycles. The number of rotatable bonds is 9. The molecule has 0 amide bonds. The summed E-state index contributed by atoms with van der Waals surface area (Å²) in [6.07, 6.45) is 0. The van der Waals surface area contributed by atoms with Crippen LogP contribution in [0.5, 0.6) is 0 Å². The molecule has 0 aliphatic heterocycles. The van der Waals surface area contributed by atoms with Gasteiger partial charge in [-0.25, -0.2) is 0 Å². The third-order valence-electron chi connectivity index (χ3n) is 13.0. The molecule has 0 saturated heterocycles. The summed E-state index contributed by atoms with van der Waals surface area (Å²) in [5.41, 5.74) is 18.5. The van der Waals surface area contributed by atoms with Gasteiger partial charge in [0.25, 0.3) is 0 Å². The van der Waals surface area contributed by atoms with Crippen LogP contribution in [0.2, 0.25) is 0 Å². The molecule has 0 atom stereocenters. The van der Waals surface area contributed by atoms with Crippen molar-refractivity contribution in [3.05, 3.63) is 267 Å². The van der Waals surface area contributed by atoms with Gasteiger partial charge in [-0.3, -0.25) is 0 Å². The number of anilines is 3. The molecule has 0 unspecified atom stereocenters. The first-order valence-corrected chi connectivity index (χ1v) is 22.7. The highest BCUT2D eigenvalue weighted by molar-refractivity contribution is 6.10. The summed E-state index contributed by atoms with van der Waals surface area (Å²) in [4.78, 5) is 2.46. The van der Waals surface area contributed by atoms with Crippen LogP contribution >= 0.6 is 0 Å². The number of hydrogen-bond donors (Lipinski definition) is 0. The fourth-order valence-corrected chi connectivity index (χ4v) is 10.00. The fraction of sp³-hybridized carbons (Fsp3) is 0. The molecule has 0 spiro atoms. The van der Waals surface area contributed by atoms with E-state index in [1.54, 1.807) is 0 Å². The third-order valence-corrected chi connectivity index (χ3v) is 13.0. The molecule has 0 radical (unpaired) electrons. The molecule has 1 heterocycles. The molecule has 12 aromatic rings. The van der Waals surface area contributed by atoms with Gasteiger partial charge in [0.15, 0.2) is 0 Å². The standard InChI is InChI=1S/C64H44N2/c1-4-20-45(21-5-1)52-27-12-16-32-59(52)65(51-40-36-49(37-41-51)64-54-29-11-10-26-48(54)38-42-55(64)46-22-6-2-7-23-46)63-43-39-50(44-58(63)47-24-8-3-9-25-47)53-28-13-17-33-60(53)66-61-34-18-14-30-56(61)57-31-15-19-35-62(57)66/h1-44H. The Morgan fingerprint density at radius 1 is 0.273 bits per heavy atom. The van der Waals surface area contributed by atoms with Gasteiger partial charge >= 0.3 is 0 Å². The molecule has 0 saturated carbocycles. The van der Waals surface area contributed by atoms with Crippen LogP contribution in [0.3, 0.4) is 0 Å². The lowest BCUT2D eigenvalue weighted by Crippen LogP contribution is -2.12. The zero-order chi connectivity index (χ0) is 43.8. The minimum Gasteiger partial charge on any atom is -0.309 e. The van der Waals surface area contributed by atoms with Crippen LogP contribution in [0.1, 0.15) is 0 Å². The van der Waals surface area contributed by atoms with Crippen molar-refractivity contribution in [2.45, 2.75) is 0 Å². The van der Waals surface area contributed by atoms with Gasteiger partial charge in [-0.05, 0) is 98.2 Å². The minimum absolute atomic E-state index is 1.07. The molecular weight excluding hydrogens is 797 g/mol. The number of benzene rings is 11. The molecule has 2 nitrogen and oxygen atoms in total. The molecule has 12 rings (SSSR count). The van der Waals surface area contributed by atoms with Crippen molar-refractivity contribution in [2.75, 3.05) is 4.90 Å². The first-order chi connectivity index (χ1) is 32.8. The summed E-state index contributed by atoms with van der Waals surface area (Å²) >= 11 is 0. The summed E-state index contributed by atoms with van der Waals surface area (Å²) in [5, 5.41) is 4.96. The first kappa shape index (κ1) is 38.9. The Morgan fingerprint density at radius 2 is 0.758 bits per heavy atom. The van der Waals surface area contributed by atoms with Gasteiger partial charge in [0, 0.05) is 33.2 Å². The maximum atomic E-state index is 2.46. The molecule has 0 bridgehead atoms. The van der Waals surface area contributed by atoms with Gasteiger partial charge in [-0.2, -0.15) is 0 Å². The highest BCUT2D eigenvalue weighted by atomic mass is 15.1. The van der Waals surface area contributed by atoms with E-state index in [0.717, 1.165) is 56.1 Å². The lowest BCUT2D eigenvalue weighted by Gasteiger charge is -2.30. The van der Waals surface area contributed by atoms with E-state index in [1.807, 2.05) is 0 Å². The number of aromatic nitrogens is 1. The number of fused-ring (bicyclic) bond motifs is 4. The molecule has 0 aliphatic rings. The Kier molecular flexibility index (Phi) is 9.89. The number of hydrogen-bond acceptors (Lipinski definition) is 1. The SMILES string of the molecule is c1ccc(-c2ccccc2N(c2ccc(-c3c(-c4ccccc4)ccc4ccccc34)cc2)c2ccc(-c3ccccc3-n3c4ccccc4c4ccccc43)cc2-c2ccccc2)cc1. The monoisotopic (exact) mass is 840 g/mol. The first-order valence-electron chi connectivity index (χ1n) is 22.7. The van der Waals surface area contributed by atoms with Gasteiger partial charge in [0.2, 0.25) is 0 Å². The van der Waals surface area contributed by atoms with Crippen LogP contribution in [0, 0.1) is 0 Å². The van der Waals surface area contributed by atoms with Crippen molar-refractivity contribution in [1.82, 2.24) is 4.57 Å². The van der Waals surface area contributed by atoms with E-state index >= 15 is 0 Å². The molecule has 0 aliphatic carbocycles. The second kappa shape index (κ2) is 16.8. The normalized spacial score (nSPS) is 11.3. The van der Waals surface area contributed by atoms with Crippen LogP contribution in [0.25, 0.3) is 93.9 Å². The van der Waals surface area contributed by atoms with Gasteiger partial charge in [-0.1, -0.05) is 218 Å². The van der Waals surface area contributed by atoms with Crippen LogP contribution in [-0.4, -0.2) is 4.57 Å². The fourth-order valence-electron chi connectivity index (χ4n) is 10.00. The van der Waals surface area contributed by atoms with Crippen LogP contribution in [-0.2, 0) is 0 Å². The van der Waals surface area contributed by atoms with Crippen molar-refractivity contribution < 1.29 is 0 Å². The Balaban J connectivity index is 1.07. The maximum Gasteiger partial charge on any atom is 0.0541 e. The van der Waals surface area contributed by atoms with E-state index in [4.69, 9.17) is 0 Å². The van der Waals surface area contributed by atoms with Gasteiger partial charge in [0.1, 0.15) is 0 Å². The number of para-hydroxylation sites is 4. The van der Waals surface area contributed by atoms with E-state index in [9.17, 15) is 0 Å². The van der Waals surface area contributed by atoms with Gasteiger partial charge in [0.05, 0.1) is 28.1 Å². The molecule has 0 N–H and O–H groups in total. The summed E-state index contributed by atoms with van der Waals surface area (Å²) in [7, 11) is 0. The Bertz CT molecular complexity index is 3630. The zero-order valence-electron chi connectivity index (χ0n) is 36.3. The van der Waals surface area contributed by atoms with Crippen molar-refractivity contribution in [3.8, 4) is 61.3 Å². The predicted octanol–water partition coefficient (Wildman–Crippen LogP) is 17.7. The minimum atomic E-state index is 1.07. The van der Waals surface area contributed by atoms with Crippen LogP contribution in [0.15, 0.2) is 267 Å². The van der Waals surface area contributed by atoms with Crippen molar-refractivity contribution in [3.63, 3.8) is 0 Å². The molecule has 2 heteroatoms. The van der Waals surface area contributed by atoms with Crippen molar-refractivity contribution in [1.29, 1.82) is 0 Å². The topological polar surface area (TPSA) is 8.17 Å². The van der Waals surface area contributed by atoms with Gasteiger partial charge in [-0.15, -0.1) is 0 Å². The van der Waals surface area contributed by atoms with Crippen molar-refractivity contribution >= 4 is 49.6 Å². The molecule has 66 heavy (non-hydrogen) atoms. The van der Waals surface area contributed by atoms with Crippen LogP contribution in [0.4, 0.5) is 17.1 Å². The Morgan fingerprint density at radius 3 is 1.42 bits per heavy atom. The smallest absolute Gasteiger partial charge is 0.0541 e. The summed E-state index contributed by atoms with van der Waals surface area (Å²) in [5.74, 6) is 0. The largest absolute Gasteiger partial charge is 0.309 e. The maximum absolute atomic E-state index is 2.46. The highest BCUT2D eigenvalue weighted by Crippen LogP contribution is 2.48. The Labute approximate surface area is 385 Å². The molecule has 1 aromatic heterocycles. The second-order valence-corrected chi connectivity index (χ2v) is 16.8. The Hall–Kier alpha value is -8.72. The van der Waals surface area contributed by atoms with E-state index in [1.165, 1.54) is 54.8 Å². The quantitative estimate of drug-likeness (QED) is 0.141. The van der Waals surface area contributed by atoms with E-state index in [-0.39, 0.29) is 0 Å². The lowest BCUT2D eigenvalue weighted by atomic mass is 9.89. The van der Waals surface area contributed by atoms with Crippen LogP contribution < -0.4 is 4.90 Å². The molecule has 310 valence electrons. The molecule has 0 fully saturated rings. The average molecular weight is 841 g/mol. The third kappa shape index (κ3) is 6.84. The summed E-state index contributed by atoms with van der Waals surface area (Å²) in [6, 6.07) is 97.0. The number of nitrogens with zero attached hydrogens (tertiary/aromatic N) is 2. The second-order valence-electron chi connectivity index (χ2n) is 16.8. The van der Waals surface area contributed by atoms with E-state index in [2.05, 4.69) is 276 Å². The van der Waals surface area contributed by atoms with Crippen molar-refractivity contribution in [2.24, 2.45) is 0 Å². The predicted molar refractivity (Wildman–Crippen MR) is 280 cm³/mol. The lowest BCUT2D eigenvalue weighted by molar-refractivity contribution is 1.18. The van der Waals surface area contributed by atoms with E-state index < -0.39 is 0 Å².